The number of ether oxygens (including phenoxy) is 1. The molecule has 0 unspecified atom stereocenters. The van der Waals surface area contributed by atoms with Crippen molar-refractivity contribution in [3.63, 3.8) is 0 Å². The molecule has 1 aromatic heterocycles. The molecule has 46 heavy (non-hydrogen) atoms. The van der Waals surface area contributed by atoms with Crippen molar-refractivity contribution in [2.24, 2.45) is 0 Å². The predicted octanol–water partition coefficient (Wildman–Crippen LogP) is 7.88. The average Bonchev–Trinajstić information content (AvgIpc) is 3.49. The first-order chi connectivity index (χ1) is 22.4. The van der Waals surface area contributed by atoms with Crippen LogP contribution in [0.1, 0.15) is 42.6 Å². The molecule has 1 heterocycles. The second-order valence-corrected chi connectivity index (χ2v) is 12.0. The Morgan fingerprint density at radius 1 is 0.848 bits per heavy atom. The molecule has 5 rings (SSSR count). The molecule has 0 saturated carbocycles. The zero-order valence-corrected chi connectivity index (χ0v) is 26.5. The number of thioether (sulfide) groups is 1. The highest BCUT2D eigenvalue weighted by Gasteiger charge is 2.18. The minimum atomic E-state index is -0.468. The van der Waals surface area contributed by atoms with Crippen molar-refractivity contribution in [1.29, 1.82) is 0 Å². The molecule has 5 aromatic rings. The maximum absolute atomic E-state index is 13.5. The van der Waals surface area contributed by atoms with Crippen LogP contribution in [-0.4, -0.2) is 34.6 Å². The van der Waals surface area contributed by atoms with Crippen LogP contribution >= 0.6 is 11.8 Å². The number of rotatable bonds is 13. The van der Waals surface area contributed by atoms with Gasteiger partial charge in [0, 0.05) is 44.5 Å². The fourth-order valence-electron chi connectivity index (χ4n) is 4.60. The summed E-state index contributed by atoms with van der Waals surface area (Å²) in [5, 5.41) is 9.18. The average molecular weight is 633 g/mol. The Hall–Kier alpha value is -5.28. The van der Waals surface area contributed by atoms with E-state index in [-0.39, 0.29) is 16.9 Å². The van der Waals surface area contributed by atoms with E-state index >= 15 is 0 Å². The Labute approximate surface area is 272 Å². The number of carbonyl (C=O) groups excluding carboxylic acids is 3. The van der Waals surface area contributed by atoms with Crippen LogP contribution in [0.3, 0.4) is 0 Å². The summed E-state index contributed by atoms with van der Waals surface area (Å²) in [6.07, 6.45) is 5.53. The highest BCUT2D eigenvalue weighted by Crippen LogP contribution is 2.27. The number of anilines is 2. The maximum atomic E-state index is 13.5. The molecule has 1 atom stereocenters. The lowest BCUT2D eigenvalue weighted by Crippen LogP contribution is -2.30. The molecule has 8 nitrogen and oxygen atoms in total. The van der Waals surface area contributed by atoms with Crippen LogP contribution in [0.25, 0.3) is 17.0 Å². The summed E-state index contributed by atoms with van der Waals surface area (Å²) in [6.45, 7) is 4.63. The van der Waals surface area contributed by atoms with Crippen molar-refractivity contribution in [2.45, 2.75) is 36.8 Å². The van der Waals surface area contributed by atoms with Gasteiger partial charge in [0.1, 0.15) is 11.4 Å². The highest BCUT2D eigenvalue weighted by atomic mass is 32.2. The SMILES string of the molecule is CCCCOc1ccc(NC(=O)[C@H](C)Sc2ccc(NC(=O)/C(=C/c3c[nH]c4ccccc34)NC(=O)c3ccccc3)cc2)cc1. The van der Waals surface area contributed by atoms with Gasteiger partial charge in [-0.1, -0.05) is 49.7 Å². The van der Waals surface area contributed by atoms with Crippen molar-refractivity contribution in [2.75, 3.05) is 17.2 Å². The van der Waals surface area contributed by atoms with E-state index in [0.29, 0.717) is 23.5 Å². The van der Waals surface area contributed by atoms with Crippen molar-refractivity contribution in [3.8, 4) is 5.75 Å². The Kier molecular flexibility index (Phi) is 10.9. The van der Waals surface area contributed by atoms with Crippen LogP contribution in [0.15, 0.2) is 120 Å². The molecule has 4 aromatic carbocycles. The van der Waals surface area contributed by atoms with Gasteiger partial charge in [-0.3, -0.25) is 14.4 Å². The van der Waals surface area contributed by atoms with Crippen molar-refractivity contribution in [1.82, 2.24) is 10.3 Å². The third-order valence-electron chi connectivity index (χ3n) is 7.13. The first kappa shape index (κ1) is 32.1. The number of H-pyrrole nitrogens is 1. The summed E-state index contributed by atoms with van der Waals surface area (Å²) >= 11 is 1.41. The topological polar surface area (TPSA) is 112 Å². The van der Waals surface area contributed by atoms with Gasteiger partial charge < -0.3 is 25.7 Å². The summed E-state index contributed by atoms with van der Waals surface area (Å²) in [6, 6.07) is 31.1. The number of unbranched alkanes of at least 4 members (excludes halogenated alkanes) is 1. The van der Waals surface area contributed by atoms with E-state index in [2.05, 4.69) is 27.9 Å². The van der Waals surface area contributed by atoms with E-state index < -0.39 is 11.8 Å². The summed E-state index contributed by atoms with van der Waals surface area (Å²) < 4.78 is 5.69. The molecule has 0 aliphatic rings. The summed E-state index contributed by atoms with van der Waals surface area (Å²) in [5.74, 6) is -0.204. The lowest BCUT2D eigenvalue weighted by atomic mass is 10.1. The number of amides is 3. The number of nitrogens with one attached hydrogen (secondary N) is 4. The Balaban J connectivity index is 1.22. The van der Waals surface area contributed by atoms with Crippen LogP contribution in [0.4, 0.5) is 11.4 Å². The Morgan fingerprint density at radius 3 is 2.26 bits per heavy atom. The minimum Gasteiger partial charge on any atom is -0.494 e. The number of hydrogen-bond acceptors (Lipinski definition) is 5. The summed E-state index contributed by atoms with van der Waals surface area (Å²) in [4.78, 5) is 43.4. The first-order valence-corrected chi connectivity index (χ1v) is 16.0. The second kappa shape index (κ2) is 15.6. The number of fused-ring (bicyclic) bond motifs is 1. The van der Waals surface area contributed by atoms with Crippen molar-refractivity contribution >= 4 is 57.8 Å². The number of benzene rings is 4. The lowest BCUT2D eigenvalue weighted by molar-refractivity contribution is -0.115. The Morgan fingerprint density at radius 2 is 1.52 bits per heavy atom. The van der Waals surface area contributed by atoms with E-state index in [1.165, 1.54) is 11.8 Å². The van der Waals surface area contributed by atoms with Gasteiger partial charge in [-0.25, -0.2) is 0 Å². The van der Waals surface area contributed by atoms with Gasteiger partial charge in [-0.15, -0.1) is 11.8 Å². The molecule has 0 aliphatic carbocycles. The molecule has 234 valence electrons. The quantitative estimate of drug-likeness (QED) is 0.0600. The van der Waals surface area contributed by atoms with E-state index in [0.717, 1.165) is 40.0 Å². The van der Waals surface area contributed by atoms with Gasteiger partial charge in [0.2, 0.25) is 5.91 Å². The maximum Gasteiger partial charge on any atom is 0.272 e. The van der Waals surface area contributed by atoms with Crippen LogP contribution in [0, 0.1) is 0 Å². The molecule has 0 bridgehead atoms. The smallest absolute Gasteiger partial charge is 0.272 e. The number of hydrogen-bond donors (Lipinski definition) is 4. The first-order valence-electron chi connectivity index (χ1n) is 15.2. The van der Waals surface area contributed by atoms with E-state index in [1.807, 2.05) is 73.7 Å². The number of aromatic amines is 1. The third kappa shape index (κ3) is 8.67. The summed E-state index contributed by atoms with van der Waals surface area (Å²) in [7, 11) is 0. The minimum absolute atomic E-state index is 0.0999. The standard InChI is InChI=1S/C37H36N4O4S/c1-3-4-22-45-30-18-14-28(15-19-30)39-35(42)25(2)46-31-20-16-29(17-21-31)40-37(44)34(41-36(43)26-10-6-5-7-11-26)23-27-24-38-33-13-9-8-12-32(27)33/h5-21,23-25,38H,3-4,22H2,1-2H3,(H,39,42)(H,40,44)(H,41,43)/b34-23-/t25-/m0/s1. The van der Waals surface area contributed by atoms with Crippen LogP contribution < -0.4 is 20.7 Å². The Bertz CT molecular complexity index is 1820. The highest BCUT2D eigenvalue weighted by molar-refractivity contribution is 8.00. The van der Waals surface area contributed by atoms with Gasteiger partial charge >= 0.3 is 0 Å². The van der Waals surface area contributed by atoms with Crippen molar-refractivity contribution < 1.29 is 19.1 Å². The molecule has 9 heteroatoms. The third-order valence-corrected chi connectivity index (χ3v) is 8.24. The fraction of sp³-hybridized carbons (Fsp3) is 0.162. The molecule has 0 aliphatic heterocycles. The zero-order chi connectivity index (χ0) is 32.3. The number of aromatic nitrogens is 1. The van der Waals surface area contributed by atoms with E-state index in [9.17, 15) is 14.4 Å². The zero-order valence-electron chi connectivity index (χ0n) is 25.7. The molecule has 4 N–H and O–H groups in total. The van der Waals surface area contributed by atoms with Gasteiger partial charge in [0.25, 0.3) is 11.8 Å². The summed E-state index contributed by atoms with van der Waals surface area (Å²) in [5.41, 5.74) is 3.48. The molecular formula is C37H36N4O4S. The monoisotopic (exact) mass is 632 g/mol. The molecule has 0 fully saturated rings. The van der Waals surface area contributed by atoms with E-state index in [1.54, 1.807) is 48.7 Å². The van der Waals surface area contributed by atoms with Crippen molar-refractivity contribution in [3.05, 3.63) is 126 Å². The molecule has 0 spiro atoms. The van der Waals surface area contributed by atoms with Gasteiger partial charge in [0.15, 0.2) is 0 Å². The molecule has 0 saturated heterocycles. The van der Waals surface area contributed by atoms with Gasteiger partial charge in [-0.05, 0) is 86.2 Å². The molecule has 3 amide bonds. The lowest BCUT2D eigenvalue weighted by Gasteiger charge is -2.14. The van der Waals surface area contributed by atoms with Gasteiger partial charge in [0.05, 0.1) is 11.9 Å². The van der Waals surface area contributed by atoms with Crippen LogP contribution in [-0.2, 0) is 9.59 Å². The predicted molar refractivity (Wildman–Crippen MR) is 186 cm³/mol. The van der Waals surface area contributed by atoms with Gasteiger partial charge in [-0.2, -0.15) is 0 Å². The number of carbonyl (C=O) groups is 3. The molecular weight excluding hydrogens is 596 g/mol. The normalized spacial score (nSPS) is 11.9. The van der Waals surface area contributed by atoms with Crippen LogP contribution in [0.2, 0.25) is 0 Å². The largest absolute Gasteiger partial charge is 0.494 e. The number of para-hydroxylation sites is 1. The fourth-order valence-corrected chi connectivity index (χ4v) is 5.46. The molecule has 0 radical (unpaired) electrons. The second-order valence-electron chi connectivity index (χ2n) is 10.6. The van der Waals surface area contributed by atoms with E-state index in [4.69, 9.17) is 4.74 Å². The van der Waals surface area contributed by atoms with Crippen LogP contribution in [0.5, 0.6) is 5.75 Å².